The van der Waals surface area contributed by atoms with Gasteiger partial charge in [-0.3, -0.25) is 9.98 Å². The van der Waals surface area contributed by atoms with Gasteiger partial charge in [-0.2, -0.15) is 0 Å². The van der Waals surface area contributed by atoms with Crippen LogP contribution in [0, 0.1) is 0 Å². The quantitative estimate of drug-likeness (QED) is 0.320. The zero-order chi connectivity index (χ0) is 22.2. The second kappa shape index (κ2) is 8.78. The molecule has 0 amide bonds. The lowest BCUT2D eigenvalue weighted by Crippen LogP contribution is -2.10. The lowest BCUT2D eigenvalue weighted by atomic mass is 9.98. The van der Waals surface area contributed by atoms with Crippen molar-refractivity contribution in [2.24, 2.45) is 9.98 Å². The van der Waals surface area contributed by atoms with E-state index < -0.39 is 0 Å². The van der Waals surface area contributed by atoms with E-state index in [4.69, 9.17) is 21.6 Å². The minimum atomic E-state index is 0.00676. The molecule has 0 fully saturated rings. The number of fused-ring (bicyclic) bond motifs is 2. The van der Waals surface area contributed by atoms with Gasteiger partial charge in [0.25, 0.3) is 0 Å². The highest BCUT2D eigenvalue weighted by Gasteiger charge is 2.23. The lowest BCUT2D eigenvalue weighted by molar-refractivity contribution is 0.851. The van der Waals surface area contributed by atoms with Crippen LogP contribution in [0.15, 0.2) is 77.0 Å². The Labute approximate surface area is 205 Å². The smallest absolute Gasteiger partial charge is 0.0981 e. The first-order chi connectivity index (χ1) is 16.3. The predicted molar refractivity (Wildman–Crippen MR) is 143 cm³/mol. The van der Waals surface area contributed by atoms with E-state index in [2.05, 4.69) is 53.1 Å². The predicted octanol–water partition coefficient (Wildman–Crippen LogP) is 6.93. The van der Waals surface area contributed by atoms with Crippen LogP contribution in [0.1, 0.15) is 33.0 Å². The summed E-state index contributed by atoms with van der Waals surface area (Å²) in [6, 6.07) is 14.9. The van der Waals surface area contributed by atoms with Crippen molar-refractivity contribution in [2.75, 3.05) is 0 Å². The van der Waals surface area contributed by atoms with Crippen LogP contribution in [0.5, 0.6) is 0 Å². The molecule has 33 heavy (non-hydrogen) atoms. The van der Waals surface area contributed by atoms with Crippen LogP contribution in [0.2, 0.25) is 5.02 Å². The molecule has 0 radical (unpaired) electrons. The first-order valence-electron chi connectivity index (χ1n) is 10.9. The normalized spacial score (nSPS) is 19.3. The third-order valence-electron chi connectivity index (χ3n) is 6.03. The fraction of sp³-hybridized carbons (Fsp3) is 0.154. The molecule has 0 spiro atoms. The van der Waals surface area contributed by atoms with E-state index in [1.807, 2.05) is 35.9 Å². The maximum atomic E-state index is 6.59. The fourth-order valence-corrected chi connectivity index (χ4v) is 7.36. The Morgan fingerprint density at radius 3 is 2.09 bits per heavy atom. The highest BCUT2D eigenvalue weighted by atomic mass is 35.5. The molecule has 6 rings (SSSR count). The number of hydrogen-bond acceptors (Lipinski definition) is 6. The van der Waals surface area contributed by atoms with Gasteiger partial charge >= 0.3 is 0 Å². The molecule has 1 unspecified atom stereocenters. The van der Waals surface area contributed by atoms with E-state index in [1.54, 1.807) is 24.0 Å². The Hall–Kier alpha value is -2.93. The average molecular weight is 489 g/mol. The summed E-state index contributed by atoms with van der Waals surface area (Å²) < 4.78 is 2.46. The lowest BCUT2D eigenvalue weighted by Gasteiger charge is -2.15. The number of thiophene rings is 2. The largest absolute Gasteiger partial charge is 0.353 e. The topological polar surface area (TPSA) is 48.8 Å². The van der Waals surface area contributed by atoms with E-state index in [9.17, 15) is 0 Å². The first kappa shape index (κ1) is 20.7. The average Bonchev–Trinajstić information content (AvgIpc) is 3.43. The third kappa shape index (κ3) is 3.78. The van der Waals surface area contributed by atoms with Gasteiger partial charge in [-0.25, -0.2) is 0 Å². The molecule has 2 aromatic heterocycles. The molecule has 4 aromatic rings. The molecule has 0 aliphatic carbocycles. The van der Waals surface area contributed by atoms with E-state index in [-0.39, 0.29) is 12.1 Å². The van der Waals surface area contributed by atoms with E-state index in [1.165, 1.54) is 36.4 Å². The summed E-state index contributed by atoms with van der Waals surface area (Å²) in [5, 5.41) is 9.43. The first-order valence-corrected chi connectivity index (χ1v) is 12.9. The number of rotatable bonds is 5. The van der Waals surface area contributed by atoms with Crippen molar-refractivity contribution >= 4 is 67.1 Å². The number of halogens is 1. The molecule has 2 N–H and O–H groups in total. The molecule has 2 atom stereocenters. The van der Waals surface area contributed by atoms with Crippen LogP contribution < -0.4 is 10.6 Å². The van der Waals surface area contributed by atoms with Crippen molar-refractivity contribution in [1.29, 1.82) is 0 Å². The number of aryl methyl sites for hydroxylation is 2. The van der Waals surface area contributed by atoms with Gasteiger partial charge in [0.15, 0.2) is 0 Å². The molecule has 7 heteroatoms. The number of nitrogens with zero attached hydrogens (tertiary/aromatic N) is 2. The second-order valence-electron chi connectivity index (χ2n) is 7.99. The van der Waals surface area contributed by atoms with Gasteiger partial charge < -0.3 is 10.6 Å². The summed E-state index contributed by atoms with van der Waals surface area (Å²) >= 11 is 10.3. The van der Waals surface area contributed by atoms with Crippen LogP contribution in [-0.2, 0) is 12.8 Å². The summed E-state index contributed by atoms with van der Waals surface area (Å²) in [7, 11) is 0. The van der Waals surface area contributed by atoms with Crippen molar-refractivity contribution in [3.8, 4) is 0 Å². The van der Waals surface area contributed by atoms with Crippen LogP contribution in [0.4, 0.5) is 0 Å². The molecule has 164 valence electrons. The van der Waals surface area contributed by atoms with Gasteiger partial charge in [0.2, 0.25) is 0 Å². The summed E-state index contributed by atoms with van der Waals surface area (Å²) in [5.41, 5.74) is 2.60. The fourth-order valence-electron chi connectivity index (χ4n) is 4.58. The second-order valence-corrected chi connectivity index (χ2v) is 10.6. The number of hydrogen-bond donors (Lipinski definition) is 2. The Morgan fingerprint density at radius 1 is 0.758 bits per heavy atom. The molecule has 2 aromatic carbocycles. The van der Waals surface area contributed by atoms with Gasteiger partial charge in [-0.15, -0.1) is 22.7 Å². The molecule has 4 heterocycles. The van der Waals surface area contributed by atoms with Gasteiger partial charge in [0.1, 0.15) is 0 Å². The zero-order valence-electron chi connectivity index (χ0n) is 17.7. The van der Waals surface area contributed by atoms with Crippen molar-refractivity contribution in [3.63, 3.8) is 0 Å². The summed E-state index contributed by atoms with van der Waals surface area (Å²) in [4.78, 5) is 12.1. The van der Waals surface area contributed by atoms with E-state index in [0.29, 0.717) is 0 Å². The molecule has 2 aliphatic rings. The van der Waals surface area contributed by atoms with Gasteiger partial charge in [0.05, 0.1) is 34.5 Å². The Morgan fingerprint density at radius 2 is 1.39 bits per heavy atom. The highest BCUT2D eigenvalue weighted by Crippen LogP contribution is 2.43. The minimum Gasteiger partial charge on any atom is -0.353 e. The highest BCUT2D eigenvalue weighted by molar-refractivity contribution is 7.20. The molecule has 0 bridgehead atoms. The SMILES string of the molecule is Clc1cccc2c(C3C=CNC=N3)c(CCc3sc4ccccc4c3[C@H]3C=CNC=N3)sc12. The van der Waals surface area contributed by atoms with Crippen LogP contribution >= 0.6 is 34.3 Å². The third-order valence-corrected chi connectivity index (χ3v) is 9.02. The monoisotopic (exact) mass is 488 g/mol. The van der Waals surface area contributed by atoms with Crippen LogP contribution in [0.3, 0.4) is 0 Å². The number of benzene rings is 2. The molecule has 0 saturated carbocycles. The summed E-state index contributed by atoms with van der Waals surface area (Å²) in [5.74, 6) is 0. The van der Waals surface area contributed by atoms with Gasteiger partial charge in [0, 0.05) is 38.0 Å². The Balaban J connectivity index is 1.42. The standard InChI is InChI=1S/C26H21ClN4S2/c27-18-6-3-5-17-25(20-11-13-29-15-31-20)23(33-26(17)18)9-8-22-24(19-10-12-28-14-30-19)16-4-1-2-7-21(16)32-22/h1-7,10-15,19-20H,8-9H2,(H,28,30)(H,29,31)/t19-,20?/m1/s1. The summed E-state index contributed by atoms with van der Waals surface area (Å²) in [6.45, 7) is 0. The molecule has 4 nitrogen and oxygen atoms in total. The van der Waals surface area contributed by atoms with Crippen molar-refractivity contribution in [2.45, 2.75) is 24.9 Å². The van der Waals surface area contributed by atoms with Gasteiger partial charge in [-0.1, -0.05) is 41.9 Å². The van der Waals surface area contributed by atoms with Crippen molar-refractivity contribution in [1.82, 2.24) is 10.6 Å². The number of aliphatic imine (C=N–C) groups is 2. The summed E-state index contributed by atoms with van der Waals surface area (Å²) in [6.07, 6.45) is 13.6. The van der Waals surface area contributed by atoms with Crippen molar-refractivity contribution < 1.29 is 0 Å². The molecular formula is C26H21ClN4S2. The minimum absolute atomic E-state index is 0.00676. The van der Waals surface area contributed by atoms with Gasteiger partial charge in [-0.05, 0) is 47.9 Å². The Kier molecular flexibility index (Phi) is 5.50. The maximum absolute atomic E-state index is 6.59. The van der Waals surface area contributed by atoms with Crippen LogP contribution in [0.25, 0.3) is 20.2 Å². The van der Waals surface area contributed by atoms with E-state index >= 15 is 0 Å². The number of nitrogens with one attached hydrogen (secondary N) is 2. The van der Waals surface area contributed by atoms with Crippen molar-refractivity contribution in [3.05, 3.63) is 92.9 Å². The zero-order valence-corrected chi connectivity index (χ0v) is 20.1. The molecule has 0 saturated heterocycles. The molecular weight excluding hydrogens is 468 g/mol. The van der Waals surface area contributed by atoms with Crippen LogP contribution in [-0.4, -0.2) is 12.7 Å². The van der Waals surface area contributed by atoms with E-state index in [0.717, 1.165) is 22.6 Å². The maximum Gasteiger partial charge on any atom is 0.0981 e. The molecule has 2 aliphatic heterocycles. The Bertz CT molecular complexity index is 1440.